The second-order valence-electron chi connectivity index (χ2n) is 10.5. The van der Waals surface area contributed by atoms with Gasteiger partial charge < -0.3 is 20.7 Å². The van der Waals surface area contributed by atoms with Gasteiger partial charge in [0.1, 0.15) is 0 Å². The molecule has 3 N–H and O–H groups in total. The summed E-state index contributed by atoms with van der Waals surface area (Å²) in [4.78, 5) is 29.2. The standard InChI is InChI=1S/C34H34N4O3S/c1-2-29(24-6-4-3-5-7-24)36-33(39)25-10-13-30-28(20-25)31(34(40)37-30)32(26-14-19-42-22-26)35-27-11-8-23(9-12-27)21-38-15-17-41-18-16-38/h3-14,19-20,22,29,35H,2,15-18,21H2,1H3,(H,36,39)(H,37,40)/t29-/m1/s1. The van der Waals surface area contributed by atoms with Gasteiger partial charge in [-0.05, 0) is 59.3 Å². The maximum absolute atomic E-state index is 13.4. The smallest absolute Gasteiger partial charge is 0.258 e. The average molecular weight is 579 g/mol. The number of morpholine rings is 1. The number of carbonyl (C=O) groups is 2. The van der Waals surface area contributed by atoms with E-state index in [1.165, 1.54) is 5.56 Å². The molecule has 4 aromatic rings. The molecule has 2 amide bonds. The zero-order valence-corrected chi connectivity index (χ0v) is 24.4. The first kappa shape index (κ1) is 27.9. The van der Waals surface area contributed by atoms with Crippen molar-refractivity contribution >= 4 is 45.8 Å². The molecule has 0 aliphatic carbocycles. The van der Waals surface area contributed by atoms with Crippen molar-refractivity contribution < 1.29 is 14.3 Å². The molecule has 2 aliphatic heterocycles. The van der Waals surface area contributed by atoms with Crippen LogP contribution in [-0.2, 0) is 16.1 Å². The first-order valence-corrected chi connectivity index (χ1v) is 15.3. The Morgan fingerprint density at radius 2 is 1.79 bits per heavy atom. The number of ether oxygens (including phenoxy) is 1. The van der Waals surface area contributed by atoms with Gasteiger partial charge in [-0.2, -0.15) is 11.3 Å². The summed E-state index contributed by atoms with van der Waals surface area (Å²) >= 11 is 1.57. The number of fused-ring (bicyclic) bond motifs is 1. The molecular weight excluding hydrogens is 544 g/mol. The van der Waals surface area contributed by atoms with Crippen LogP contribution in [0.25, 0.3) is 11.3 Å². The lowest BCUT2D eigenvalue weighted by atomic mass is 9.98. The predicted octanol–water partition coefficient (Wildman–Crippen LogP) is 6.39. The van der Waals surface area contributed by atoms with Crippen molar-refractivity contribution in [2.24, 2.45) is 0 Å². The summed E-state index contributed by atoms with van der Waals surface area (Å²) in [7, 11) is 0. The van der Waals surface area contributed by atoms with E-state index in [4.69, 9.17) is 4.74 Å². The van der Waals surface area contributed by atoms with Crippen molar-refractivity contribution in [2.45, 2.75) is 25.9 Å². The summed E-state index contributed by atoms with van der Waals surface area (Å²) in [5.41, 5.74) is 7.23. The molecule has 0 saturated carbocycles. The summed E-state index contributed by atoms with van der Waals surface area (Å²) in [5.74, 6) is -0.371. The van der Waals surface area contributed by atoms with Gasteiger partial charge in [-0.3, -0.25) is 14.5 Å². The number of hydrogen-bond acceptors (Lipinski definition) is 6. The molecule has 1 fully saturated rings. The minimum atomic E-state index is -0.198. The van der Waals surface area contributed by atoms with Crippen LogP contribution >= 0.6 is 11.3 Å². The van der Waals surface area contributed by atoms with Gasteiger partial charge in [0.25, 0.3) is 11.8 Å². The number of hydrogen-bond donors (Lipinski definition) is 3. The Balaban J connectivity index is 1.29. The van der Waals surface area contributed by atoms with Crippen molar-refractivity contribution in [1.29, 1.82) is 0 Å². The first-order chi connectivity index (χ1) is 20.6. The highest BCUT2D eigenvalue weighted by Crippen LogP contribution is 2.38. The Kier molecular flexibility index (Phi) is 8.46. The molecule has 0 spiro atoms. The van der Waals surface area contributed by atoms with Crippen molar-refractivity contribution in [3.8, 4) is 0 Å². The van der Waals surface area contributed by atoms with Crippen LogP contribution in [0, 0.1) is 0 Å². The maximum Gasteiger partial charge on any atom is 0.258 e. The van der Waals surface area contributed by atoms with Crippen LogP contribution in [0.4, 0.5) is 11.4 Å². The van der Waals surface area contributed by atoms with Crippen LogP contribution in [0.5, 0.6) is 0 Å². The lowest BCUT2D eigenvalue weighted by Crippen LogP contribution is -2.35. The van der Waals surface area contributed by atoms with Crippen molar-refractivity contribution in [3.05, 3.63) is 117 Å². The van der Waals surface area contributed by atoms with E-state index in [-0.39, 0.29) is 17.9 Å². The Hall–Kier alpha value is -4.24. The van der Waals surface area contributed by atoms with Crippen LogP contribution in [0.1, 0.15) is 52.0 Å². The predicted molar refractivity (Wildman–Crippen MR) is 169 cm³/mol. The third-order valence-electron chi connectivity index (χ3n) is 7.73. The fraction of sp³-hybridized carbons (Fsp3) is 0.235. The molecule has 1 atom stereocenters. The minimum absolute atomic E-state index is 0.101. The topological polar surface area (TPSA) is 82.7 Å². The summed E-state index contributed by atoms with van der Waals surface area (Å²) in [6.07, 6.45) is 0.767. The fourth-order valence-corrected chi connectivity index (χ4v) is 6.09. The van der Waals surface area contributed by atoms with Crippen molar-refractivity contribution in [2.75, 3.05) is 36.9 Å². The van der Waals surface area contributed by atoms with E-state index >= 15 is 0 Å². The van der Waals surface area contributed by atoms with Crippen LogP contribution in [-0.4, -0.2) is 43.0 Å². The number of benzene rings is 3. The molecule has 3 aromatic carbocycles. The molecule has 1 aromatic heterocycles. The fourth-order valence-electron chi connectivity index (χ4n) is 5.45. The van der Waals surface area contributed by atoms with Crippen LogP contribution in [0.3, 0.4) is 0 Å². The van der Waals surface area contributed by atoms with Gasteiger partial charge in [0.05, 0.1) is 30.5 Å². The maximum atomic E-state index is 13.4. The van der Waals surface area contributed by atoms with Crippen molar-refractivity contribution in [1.82, 2.24) is 10.2 Å². The highest BCUT2D eigenvalue weighted by Gasteiger charge is 2.30. The molecule has 214 valence electrons. The van der Waals surface area contributed by atoms with Crippen molar-refractivity contribution in [3.63, 3.8) is 0 Å². The van der Waals surface area contributed by atoms with Gasteiger partial charge in [0.2, 0.25) is 0 Å². The van der Waals surface area contributed by atoms with Gasteiger partial charge in [-0.1, -0.05) is 49.4 Å². The highest BCUT2D eigenvalue weighted by molar-refractivity contribution is 7.08. The molecule has 3 heterocycles. The molecule has 0 bridgehead atoms. The molecule has 2 aliphatic rings. The van der Waals surface area contributed by atoms with Gasteiger partial charge in [0.15, 0.2) is 0 Å². The van der Waals surface area contributed by atoms with Crippen LogP contribution in [0.15, 0.2) is 89.6 Å². The number of rotatable bonds is 9. The lowest BCUT2D eigenvalue weighted by molar-refractivity contribution is -0.110. The van der Waals surface area contributed by atoms with Gasteiger partial charge in [0, 0.05) is 53.1 Å². The molecule has 8 heteroatoms. The van der Waals surface area contributed by atoms with Crippen LogP contribution in [0.2, 0.25) is 0 Å². The molecule has 7 nitrogen and oxygen atoms in total. The van der Waals surface area contributed by atoms with E-state index in [1.807, 2.05) is 59.3 Å². The first-order valence-electron chi connectivity index (χ1n) is 14.3. The summed E-state index contributed by atoms with van der Waals surface area (Å²) < 4.78 is 5.47. The van der Waals surface area contributed by atoms with E-state index in [0.29, 0.717) is 28.1 Å². The van der Waals surface area contributed by atoms with E-state index in [0.717, 1.165) is 56.1 Å². The van der Waals surface area contributed by atoms with Gasteiger partial charge >= 0.3 is 0 Å². The number of carbonyl (C=O) groups excluding carboxylic acids is 2. The van der Waals surface area contributed by atoms with Gasteiger partial charge in [-0.15, -0.1) is 0 Å². The number of nitrogens with one attached hydrogen (secondary N) is 3. The highest BCUT2D eigenvalue weighted by atomic mass is 32.1. The molecular formula is C34H34N4O3S. The zero-order chi connectivity index (χ0) is 28.9. The third-order valence-corrected chi connectivity index (χ3v) is 8.42. The van der Waals surface area contributed by atoms with E-state index < -0.39 is 0 Å². The van der Waals surface area contributed by atoms with E-state index in [1.54, 1.807) is 17.4 Å². The molecule has 42 heavy (non-hydrogen) atoms. The monoisotopic (exact) mass is 578 g/mol. The summed E-state index contributed by atoms with van der Waals surface area (Å²) in [6, 6.07) is 25.6. The quantitative estimate of drug-likeness (QED) is 0.201. The minimum Gasteiger partial charge on any atom is -0.379 e. The molecule has 1 saturated heterocycles. The second kappa shape index (κ2) is 12.7. The van der Waals surface area contributed by atoms with E-state index in [2.05, 4.69) is 52.0 Å². The second-order valence-corrected chi connectivity index (χ2v) is 11.3. The molecule has 6 rings (SSSR count). The number of anilines is 2. The zero-order valence-electron chi connectivity index (χ0n) is 23.6. The SMILES string of the molecule is CC[C@@H](NC(=O)c1ccc2c(c1)C(=C(Nc1ccc(CN3CCOCC3)cc1)c1ccsc1)C(=O)N2)c1ccccc1. The summed E-state index contributed by atoms with van der Waals surface area (Å²) in [5, 5.41) is 13.7. The molecule has 0 radical (unpaired) electrons. The lowest BCUT2D eigenvalue weighted by Gasteiger charge is -2.26. The molecule has 0 unspecified atom stereocenters. The normalized spacial score (nSPS) is 16.8. The Bertz CT molecular complexity index is 1580. The summed E-state index contributed by atoms with van der Waals surface area (Å²) in [6.45, 7) is 6.36. The van der Waals surface area contributed by atoms with Gasteiger partial charge in [-0.25, -0.2) is 0 Å². The Morgan fingerprint density at radius 1 is 1.00 bits per heavy atom. The number of nitrogens with zero attached hydrogens (tertiary/aromatic N) is 1. The third kappa shape index (κ3) is 6.16. The number of amides is 2. The Morgan fingerprint density at radius 3 is 2.50 bits per heavy atom. The average Bonchev–Trinajstić information content (AvgIpc) is 3.68. The van der Waals surface area contributed by atoms with Crippen LogP contribution < -0.4 is 16.0 Å². The van der Waals surface area contributed by atoms with E-state index in [9.17, 15) is 9.59 Å². The largest absolute Gasteiger partial charge is 0.379 e. The Labute approximate surface area is 250 Å². The number of thiophene rings is 1.